The quantitative estimate of drug-likeness (QED) is 0.152. The number of halogens is 1. The van der Waals surface area contributed by atoms with E-state index in [1.54, 1.807) is 19.1 Å². The van der Waals surface area contributed by atoms with Crippen LogP contribution >= 0.6 is 0 Å². The number of carbonyl (C=O) groups excluding carboxylic acids is 2. The molecule has 0 spiro atoms. The fourth-order valence-corrected chi connectivity index (χ4v) is 3.29. The van der Waals surface area contributed by atoms with E-state index in [1.807, 2.05) is 6.92 Å². The molecule has 0 saturated heterocycles. The van der Waals surface area contributed by atoms with Gasteiger partial charge in [-0.25, -0.2) is 9.18 Å². The van der Waals surface area contributed by atoms with Crippen LogP contribution in [0.3, 0.4) is 0 Å². The zero-order valence-corrected chi connectivity index (χ0v) is 20.6. The summed E-state index contributed by atoms with van der Waals surface area (Å²) in [4.78, 5) is 24.2. The van der Waals surface area contributed by atoms with Crippen LogP contribution in [0.25, 0.3) is 0 Å². The highest BCUT2D eigenvalue weighted by atomic mass is 19.1. The molecule has 0 saturated carbocycles. The lowest BCUT2D eigenvalue weighted by atomic mass is 10.1. The van der Waals surface area contributed by atoms with Gasteiger partial charge in [-0.15, -0.1) is 0 Å². The van der Waals surface area contributed by atoms with Crippen molar-refractivity contribution in [3.05, 3.63) is 53.8 Å². The summed E-state index contributed by atoms with van der Waals surface area (Å²) in [6.07, 6.45) is 10.2. The van der Waals surface area contributed by atoms with Gasteiger partial charge in [-0.2, -0.15) is 0 Å². The molecular formula is C28H37FO5. The minimum atomic E-state index is -0.683. The number of hydrogen-bond acceptors (Lipinski definition) is 5. The van der Waals surface area contributed by atoms with Crippen molar-refractivity contribution < 1.29 is 28.2 Å². The SMILES string of the molecule is CCCCCCCCCCOc1ccc(C(=O)Oc2ccc(OC(=O)[C@@H](C)CC)cc2)cc1F. The van der Waals surface area contributed by atoms with Gasteiger partial charge in [0, 0.05) is 0 Å². The predicted molar refractivity (Wildman–Crippen MR) is 131 cm³/mol. The molecule has 0 amide bonds. The fraction of sp³-hybridized carbons (Fsp3) is 0.500. The summed E-state index contributed by atoms with van der Waals surface area (Å²) in [6.45, 7) is 6.36. The molecule has 0 fully saturated rings. The topological polar surface area (TPSA) is 61.8 Å². The van der Waals surface area contributed by atoms with Crippen LogP contribution in [-0.4, -0.2) is 18.5 Å². The van der Waals surface area contributed by atoms with Crippen molar-refractivity contribution in [2.45, 2.75) is 78.6 Å². The Labute approximate surface area is 202 Å². The van der Waals surface area contributed by atoms with Gasteiger partial charge >= 0.3 is 11.9 Å². The molecule has 0 N–H and O–H groups in total. The molecule has 2 rings (SSSR count). The molecule has 0 aliphatic heterocycles. The van der Waals surface area contributed by atoms with Gasteiger partial charge in [0.2, 0.25) is 0 Å². The summed E-state index contributed by atoms with van der Waals surface area (Å²) in [6, 6.07) is 10.2. The van der Waals surface area contributed by atoms with Crippen molar-refractivity contribution in [3.8, 4) is 17.2 Å². The van der Waals surface area contributed by atoms with Crippen molar-refractivity contribution >= 4 is 11.9 Å². The van der Waals surface area contributed by atoms with E-state index >= 15 is 0 Å². The lowest BCUT2D eigenvalue weighted by Crippen LogP contribution is -2.16. The smallest absolute Gasteiger partial charge is 0.343 e. The first-order chi connectivity index (χ1) is 16.4. The maximum Gasteiger partial charge on any atom is 0.343 e. The van der Waals surface area contributed by atoms with E-state index in [0.29, 0.717) is 18.8 Å². The molecule has 0 unspecified atom stereocenters. The molecule has 0 aromatic heterocycles. The number of esters is 2. The number of carbonyl (C=O) groups is 2. The minimum Gasteiger partial charge on any atom is -0.491 e. The van der Waals surface area contributed by atoms with Gasteiger partial charge in [-0.05, 0) is 55.3 Å². The Bertz CT molecular complexity index is 894. The highest BCUT2D eigenvalue weighted by Crippen LogP contribution is 2.22. The Hall–Kier alpha value is -2.89. The Morgan fingerprint density at radius 1 is 0.824 bits per heavy atom. The van der Waals surface area contributed by atoms with Crippen molar-refractivity contribution in [1.82, 2.24) is 0 Å². The van der Waals surface area contributed by atoms with Crippen molar-refractivity contribution in [2.75, 3.05) is 6.61 Å². The normalized spacial score (nSPS) is 11.6. The van der Waals surface area contributed by atoms with Crippen molar-refractivity contribution in [2.24, 2.45) is 5.92 Å². The second-order valence-corrected chi connectivity index (χ2v) is 8.56. The van der Waals surface area contributed by atoms with Crippen molar-refractivity contribution in [3.63, 3.8) is 0 Å². The van der Waals surface area contributed by atoms with E-state index in [9.17, 15) is 14.0 Å². The minimum absolute atomic E-state index is 0.0872. The van der Waals surface area contributed by atoms with Gasteiger partial charge in [-0.1, -0.05) is 65.7 Å². The fourth-order valence-electron chi connectivity index (χ4n) is 3.29. The number of ether oxygens (including phenoxy) is 3. The first-order valence-corrected chi connectivity index (χ1v) is 12.4. The first kappa shape index (κ1) is 27.4. The molecule has 0 bridgehead atoms. The summed E-state index contributed by atoms with van der Waals surface area (Å²) in [5.41, 5.74) is 0.0872. The molecule has 1 atom stereocenters. The lowest BCUT2D eigenvalue weighted by Gasteiger charge is -2.10. The summed E-state index contributed by atoms with van der Waals surface area (Å²) in [7, 11) is 0. The Balaban J connectivity index is 1.77. The molecule has 0 radical (unpaired) electrons. The maximum absolute atomic E-state index is 14.4. The maximum atomic E-state index is 14.4. The van der Waals surface area contributed by atoms with Gasteiger partial charge < -0.3 is 14.2 Å². The van der Waals surface area contributed by atoms with Crippen LogP contribution < -0.4 is 14.2 Å². The molecule has 34 heavy (non-hydrogen) atoms. The van der Waals surface area contributed by atoms with Gasteiger partial charge in [0.15, 0.2) is 11.6 Å². The van der Waals surface area contributed by atoms with Crippen LogP contribution in [0.2, 0.25) is 0 Å². The lowest BCUT2D eigenvalue weighted by molar-refractivity contribution is -0.138. The molecule has 6 heteroatoms. The summed E-state index contributed by atoms with van der Waals surface area (Å²) in [5.74, 6) is -1.02. The Morgan fingerprint density at radius 2 is 1.41 bits per heavy atom. The second-order valence-electron chi connectivity index (χ2n) is 8.56. The third-order valence-corrected chi connectivity index (χ3v) is 5.69. The average Bonchev–Trinajstić information content (AvgIpc) is 2.84. The number of rotatable bonds is 15. The van der Waals surface area contributed by atoms with Crippen LogP contribution in [0.1, 0.15) is 88.9 Å². The van der Waals surface area contributed by atoms with Gasteiger partial charge in [0.25, 0.3) is 0 Å². The predicted octanol–water partition coefficient (Wildman–Crippen LogP) is 7.52. The molecule has 2 aromatic carbocycles. The molecule has 0 aliphatic carbocycles. The van der Waals surface area contributed by atoms with E-state index < -0.39 is 11.8 Å². The van der Waals surface area contributed by atoms with Crippen LogP contribution in [0, 0.1) is 11.7 Å². The second kappa shape index (κ2) is 15.1. The van der Waals surface area contributed by atoms with E-state index in [1.165, 1.54) is 62.8 Å². The van der Waals surface area contributed by atoms with Gasteiger partial charge in [0.1, 0.15) is 11.5 Å². The highest BCUT2D eigenvalue weighted by molar-refractivity contribution is 5.91. The number of unbranched alkanes of at least 4 members (excludes halogenated alkanes) is 7. The van der Waals surface area contributed by atoms with E-state index in [4.69, 9.17) is 14.2 Å². The largest absolute Gasteiger partial charge is 0.491 e. The van der Waals surface area contributed by atoms with Crippen LogP contribution in [-0.2, 0) is 4.79 Å². The third-order valence-electron chi connectivity index (χ3n) is 5.69. The molecule has 0 aliphatic rings. The first-order valence-electron chi connectivity index (χ1n) is 12.4. The summed E-state index contributed by atoms with van der Waals surface area (Å²) < 4.78 is 30.5. The average molecular weight is 473 g/mol. The standard InChI is InChI=1S/C28H37FO5/c1-4-6-7-8-9-10-11-12-19-32-26-18-13-22(20-25(26)29)28(31)34-24-16-14-23(15-17-24)33-27(30)21(3)5-2/h13-18,20-21H,4-12,19H2,1-3H3/t21-/m0/s1. The monoisotopic (exact) mass is 472 g/mol. The highest BCUT2D eigenvalue weighted by Gasteiger charge is 2.15. The van der Waals surface area contributed by atoms with E-state index in [2.05, 4.69) is 6.92 Å². The van der Waals surface area contributed by atoms with Crippen LogP contribution in [0.5, 0.6) is 17.2 Å². The molecular weight excluding hydrogens is 435 g/mol. The molecule has 186 valence electrons. The number of benzene rings is 2. The number of hydrogen-bond donors (Lipinski definition) is 0. The van der Waals surface area contributed by atoms with Crippen LogP contribution in [0.15, 0.2) is 42.5 Å². The third kappa shape index (κ3) is 9.54. The zero-order valence-electron chi connectivity index (χ0n) is 20.6. The molecule has 0 heterocycles. The summed E-state index contributed by atoms with van der Waals surface area (Å²) >= 11 is 0. The van der Waals surface area contributed by atoms with Gasteiger partial charge in [-0.3, -0.25) is 4.79 Å². The Kier molecular flexibility index (Phi) is 12.1. The molecule has 2 aromatic rings. The van der Waals surface area contributed by atoms with E-state index in [0.717, 1.165) is 18.9 Å². The zero-order chi connectivity index (χ0) is 24.8. The van der Waals surface area contributed by atoms with Crippen LogP contribution in [0.4, 0.5) is 4.39 Å². The summed E-state index contributed by atoms with van der Waals surface area (Å²) in [5, 5.41) is 0. The molecule has 5 nitrogen and oxygen atoms in total. The Morgan fingerprint density at radius 3 is 2.00 bits per heavy atom. The van der Waals surface area contributed by atoms with Crippen molar-refractivity contribution in [1.29, 1.82) is 0 Å². The van der Waals surface area contributed by atoms with E-state index in [-0.39, 0.29) is 28.9 Å². The van der Waals surface area contributed by atoms with Gasteiger partial charge in [0.05, 0.1) is 18.1 Å².